The molecule has 0 atom stereocenters. The Morgan fingerprint density at radius 2 is 1.61 bits per heavy atom. The highest BCUT2D eigenvalue weighted by atomic mass is 16.5. The van der Waals surface area contributed by atoms with Gasteiger partial charge in [-0.25, -0.2) is 0 Å². The number of benzene rings is 2. The van der Waals surface area contributed by atoms with Crippen LogP contribution in [0.1, 0.15) is 12.8 Å². The highest BCUT2D eigenvalue weighted by Gasteiger charge is 2.04. The van der Waals surface area contributed by atoms with E-state index in [4.69, 9.17) is 10.5 Å². The van der Waals surface area contributed by atoms with Crippen molar-refractivity contribution in [3.63, 3.8) is 0 Å². The molecule has 0 aliphatic rings. The monoisotopic (exact) mass is 306 g/mol. The lowest BCUT2D eigenvalue weighted by atomic mass is 10.1. The van der Waals surface area contributed by atoms with E-state index in [2.05, 4.69) is 47.4 Å². The zero-order chi connectivity index (χ0) is 15.9. The fourth-order valence-electron chi connectivity index (χ4n) is 2.53. The third-order valence-corrected chi connectivity index (χ3v) is 3.82. The molecule has 0 saturated heterocycles. The quantitative estimate of drug-likeness (QED) is 0.633. The second-order valence-electron chi connectivity index (χ2n) is 5.54. The summed E-state index contributed by atoms with van der Waals surface area (Å²) in [6, 6.07) is 20.7. The predicted octanol–water partition coefficient (Wildman–Crippen LogP) is 4.47. The molecule has 0 spiro atoms. The van der Waals surface area contributed by atoms with Gasteiger partial charge in [0.2, 0.25) is 0 Å². The Balaban J connectivity index is 1.67. The molecular formula is C20H22N2O. The molecule has 0 radical (unpaired) electrons. The smallest absolute Gasteiger partial charge is 0.119 e. The number of nitrogens with one attached hydrogen (secondary N) is 1. The predicted molar refractivity (Wildman–Crippen MR) is 95.4 cm³/mol. The van der Waals surface area contributed by atoms with Crippen molar-refractivity contribution in [2.24, 2.45) is 5.73 Å². The van der Waals surface area contributed by atoms with Gasteiger partial charge < -0.3 is 15.5 Å². The van der Waals surface area contributed by atoms with E-state index < -0.39 is 0 Å². The van der Waals surface area contributed by atoms with E-state index in [0.717, 1.165) is 43.0 Å². The molecule has 1 heterocycles. The number of hydrogen-bond acceptors (Lipinski definition) is 2. The molecule has 0 aliphatic heterocycles. The van der Waals surface area contributed by atoms with Gasteiger partial charge in [-0.2, -0.15) is 0 Å². The topological polar surface area (TPSA) is 51.0 Å². The molecule has 0 unspecified atom stereocenters. The van der Waals surface area contributed by atoms with Crippen LogP contribution in [-0.4, -0.2) is 18.1 Å². The molecule has 118 valence electrons. The molecule has 1 aromatic heterocycles. The lowest BCUT2D eigenvalue weighted by Gasteiger charge is -2.06. The van der Waals surface area contributed by atoms with E-state index in [-0.39, 0.29) is 0 Å². The van der Waals surface area contributed by atoms with Crippen molar-refractivity contribution >= 4 is 0 Å². The van der Waals surface area contributed by atoms with E-state index in [1.165, 1.54) is 11.1 Å². The number of nitrogens with two attached hydrogens (primary N) is 1. The largest absolute Gasteiger partial charge is 0.494 e. The maximum absolute atomic E-state index is 5.71. The number of aromatic nitrogens is 1. The Labute approximate surface area is 137 Å². The zero-order valence-corrected chi connectivity index (χ0v) is 13.2. The van der Waals surface area contributed by atoms with Crippen LogP contribution in [0, 0.1) is 0 Å². The van der Waals surface area contributed by atoms with Crippen LogP contribution in [0.5, 0.6) is 5.75 Å². The highest BCUT2D eigenvalue weighted by Crippen LogP contribution is 2.27. The Hall–Kier alpha value is -2.52. The van der Waals surface area contributed by atoms with Crippen molar-refractivity contribution in [3.05, 3.63) is 66.9 Å². The minimum absolute atomic E-state index is 0.719. The third kappa shape index (κ3) is 4.02. The first kappa shape index (κ1) is 15.4. The summed E-state index contributed by atoms with van der Waals surface area (Å²) < 4.78 is 5.71. The van der Waals surface area contributed by atoms with Gasteiger partial charge in [-0.15, -0.1) is 0 Å². The van der Waals surface area contributed by atoms with Crippen LogP contribution in [-0.2, 0) is 0 Å². The molecular weight excluding hydrogens is 284 g/mol. The maximum Gasteiger partial charge on any atom is 0.119 e. The van der Waals surface area contributed by atoms with E-state index in [1.807, 2.05) is 24.4 Å². The molecule has 3 N–H and O–H groups in total. The molecule has 0 aliphatic carbocycles. The number of unbranched alkanes of at least 4 members (excludes halogenated alkanes) is 1. The molecule has 0 bridgehead atoms. The summed E-state index contributed by atoms with van der Waals surface area (Å²) in [6.45, 7) is 1.44. The SMILES string of the molecule is NCCCCOc1ccc(-c2cc(-c3ccccc3)c[nH]2)cc1. The van der Waals surface area contributed by atoms with Gasteiger partial charge in [0.1, 0.15) is 5.75 Å². The molecule has 3 heteroatoms. The van der Waals surface area contributed by atoms with Crippen LogP contribution >= 0.6 is 0 Å². The van der Waals surface area contributed by atoms with E-state index in [1.54, 1.807) is 0 Å². The summed E-state index contributed by atoms with van der Waals surface area (Å²) in [6.07, 6.45) is 4.04. The fraction of sp³-hybridized carbons (Fsp3) is 0.200. The first-order chi connectivity index (χ1) is 11.4. The molecule has 0 amide bonds. The highest BCUT2D eigenvalue weighted by molar-refractivity contribution is 5.71. The average molecular weight is 306 g/mol. The molecule has 2 aromatic carbocycles. The lowest BCUT2D eigenvalue weighted by Crippen LogP contribution is -2.03. The zero-order valence-electron chi connectivity index (χ0n) is 13.2. The van der Waals surface area contributed by atoms with E-state index in [9.17, 15) is 0 Å². The first-order valence-corrected chi connectivity index (χ1v) is 8.04. The van der Waals surface area contributed by atoms with Gasteiger partial charge in [-0.1, -0.05) is 30.3 Å². The van der Waals surface area contributed by atoms with E-state index in [0.29, 0.717) is 0 Å². The average Bonchev–Trinajstić information content (AvgIpc) is 3.10. The van der Waals surface area contributed by atoms with Crippen LogP contribution in [0.4, 0.5) is 0 Å². The minimum atomic E-state index is 0.719. The van der Waals surface area contributed by atoms with Crippen LogP contribution in [0.3, 0.4) is 0 Å². The minimum Gasteiger partial charge on any atom is -0.494 e. The molecule has 3 rings (SSSR count). The van der Waals surface area contributed by atoms with Gasteiger partial charge in [0.25, 0.3) is 0 Å². The summed E-state index contributed by atoms with van der Waals surface area (Å²) >= 11 is 0. The van der Waals surface area contributed by atoms with Gasteiger partial charge in [-0.3, -0.25) is 0 Å². The Morgan fingerprint density at radius 1 is 0.826 bits per heavy atom. The summed E-state index contributed by atoms with van der Waals surface area (Å²) in [4.78, 5) is 3.35. The van der Waals surface area contributed by atoms with Gasteiger partial charge in [-0.05, 0) is 66.4 Å². The number of rotatable bonds is 7. The fourth-order valence-corrected chi connectivity index (χ4v) is 2.53. The van der Waals surface area contributed by atoms with Crippen LogP contribution in [0.2, 0.25) is 0 Å². The number of hydrogen-bond donors (Lipinski definition) is 2. The molecule has 23 heavy (non-hydrogen) atoms. The summed E-state index contributed by atoms with van der Waals surface area (Å²) in [5.74, 6) is 0.903. The second kappa shape index (κ2) is 7.65. The van der Waals surface area contributed by atoms with Crippen molar-refractivity contribution in [2.45, 2.75) is 12.8 Å². The number of H-pyrrole nitrogens is 1. The van der Waals surface area contributed by atoms with Gasteiger partial charge in [0.15, 0.2) is 0 Å². The Morgan fingerprint density at radius 3 is 2.35 bits per heavy atom. The third-order valence-electron chi connectivity index (χ3n) is 3.82. The maximum atomic E-state index is 5.71. The van der Waals surface area contributed by atoms with Crippen LogP contribution in [0.15, 0.2) is 66.9 Å². The van der Waals surface area contributed by atoms with Gasteiger partial charge >= 0.3 is 0 Å². The Bertz CT molecular complexity index is 717. The Kier molecular flexibility index (Phi) is 5.12. The lowest BCUT2D eigenvalue weighted by molar-refractivity contribution is 0.308. The van der Waals surface area contributed by atoms with Crippen LogP contribution in [0.25, 0.3) is 22.4 Å². The van der Waals surface area contributed by atoms with Crippen LogP contribution < -0.4 is 10.5 Å². The van der Waals surface area contributed by atoms with Gasteiger partial charge in [0, 0.05) is 11.9 Å². The number of ether oxygens (including phenoxy) is 1. The summed E-state index contributed by atoms with van der Waals surface area (Å²) in [5.41, 5.74) is 10.2. The first-order valence-electron chi connectivity index (χ1n) is 8.04. The molecule has 0 saturated carbocycles. The van der Waals surface area contributed by atoms with E-state index >= 15 is 0 Å². The normalized spacial score (nSPS) is 10.7. The van der Waals surface area contributed by atoms with Crippen molar-refractivity contribution in [1.82, 2.24) is 4.98 Å². The van der Waals surface area contributed by atoms with Gasteiger partial charge in [0.05, 0.1) is 6.61 Å². The molecule has 0 fully saturated rings. The standard InChI is InChI=1S/C20H22N2O/c21-12-4-5-13-23-19-10-8-17(9-11-19)20-14-18(15-22-20)16-6-2-1-3-7-16/h1-3,6-11,14-15,22H,4-5,12-13,21H2. The van der Waals surface area contributed by atoms with Crippen molar-refractivity contribution in [1.29, 1.82) is 0 Å². The second-order valence-corrected chi connectivity index (χ2v) is 5.54. The van der Waals surface area contributed by atoms with Crippen molar-refractivity contribution in [2.75, 3.05) is 13.2 Å². The molecule has 3 nitrogen and oxygen atoms in total. The summed E-state index contributed by atoms with van der Waals surface area (Å²) in [7, 11) is 0. The molecule has 3 aromatic rings. The van der Waals surface area contributed by atoms with Crippen molar-refractivity contribution < 1.29 is 4.74 Å². The van der Waals surface area contributed by atoms with Crippen molar-refractivity contribution in [3.8, 4) is 28.1 Å². The number of aromatic amines is 1. The summed E-state index contributed by atoms with van der Waals surface area (Å²) in [5, 5.41) is 0.